The molecule has 1 aliphatic carbocycles. The maximum absolute atomic E-state index is 12.6. The van der Waals surface area contributed by atoms with Gasteiger partial charge in [-0.3, -0.25) is 9.63 Å². The summed E-state index contributed by atoms with van der Waals surface area (Å²) in [5.74, 6) is -0.727. The van der Waals surface area contributed by atoms with E-state index in [1.165, 1.54) is 14.2 Å². The predicted octanol–water partition coefficient (Wildman–Crippen LogP) is 2.02. The number of hydroxylamine groups is 2. The Labute approximate surface area is 143 Å². The zero-order valence-electron chi connectivity index (χ0n) is 14.2. The molecule has 24 heavy (non-hydrogen) atoms. The fourth-order valence-electron chi connectivity index (χ4n) is 2.70. The van der Waals surface area contributed by atoms with Gasteiger partial charge < -0.3 is 0 Å². The van der Waals surface area contributed by atoms with E-state index in [4.69, 9.17) is 4.84 Å². The molecule has 7 heteroatoms. The van der Waals surface area contributed by atoms with E-state index in [0.29, 0.717) is 6.42 Å². The lowest BCUT2D eigenvalue weighted by Gasteiger charge is -2.26. The Morgan fingerprint density at radius 3 is 2.58 bits per heavy atom. The molecule has 0 heterocycles. The first kappa shape index (κ1) is 18.6. The Bertz CT molecular complexity index is 698. The van der Waals surface area contributed by atoms with E-state index in [9.17, 15) is 13.2 Å². The van der Waals surface area contributed by atoms with Gasteiger partial charge in [0, 0.05) is 7.05 Å². The van der Waals surface area contributed by atoms with Crippen LogP contribution in [0.1, 0.15) is 24.8 Å². The summed E-state index contributed by atoms with van der Waals surface area (Å²) in [6.07, 6.45) is 5.93. The third kappa shape index (κ3) is 4.43. The number of amides is 1. The van der Waals surface area contributed by atoms with E-state index in [1.54, 1.807) is 30.3 Å². The Hall–Kier alpha value is -1.70. The van der Waals surface area contributed by atoms with Crippen molar-refractivity contribution in [3.8, 4) is 0 Å². The maximum Gasteiger partial charge on any atom is 0.250 e. The Morgan fingerprint density at radius 2 is 1.96 bits per heavy atom. The average Bonchev–Trinajstić information content (AvgIpc) is 2.78. The topological polar surface area (TPSA) is 75.7 Å². The highest BCUT2D eigenvalue weighted by atomic mass is 32.2. The van der Waals surface area contributed by atoms with Crippen LogP contribution in [0, 0.1) is 12.8 Å². The molecule has 1 N–H and O–H groups in total. The zero-order valence-corrected chi connectivity index (χ0v) is 15.0. The van der Waals surface area contributed by atoms with Crippen LogP contribution in [0.15, 0.2) is 41.3 Å². The summed E-state index contributed by atoms with van der Waals surface area (Å²) in [6, 6.07) is 6.04. The van der Waals surface area contributed by atoms with Crippen LogP contribution in [0.5, 0.6) is 0 Å². The molecular formula is C17H24N2O4S. The second-order valence-electron chi connectivity index (χ2n) is 5.94. The van der Waals surface area contributed by atoms with E-state index in [-0.39, 0.29) is 10.8 Å². The largest absolute Gasteiger partial charge is 0.275 e. The summed E-state index contributed by atoms with van der Waals surface area (Å²) in [4.78, 5) is 17.6. The quantitative estimate of drug-likeness (QED) is 0.650. The molecule has 1 amide bonds. The molecule has 0 unspecified atom stereocenters. The van der Waals surface area contributed by atoms with E-state index in [1.807, 2.05) is 13.0 Å². The first-order valence-electron chi connectivity index (χ1n) is 7.92. The Balaban J connectivity index is 2.25. The van der Waals surface area contributed by atoms with Gasteiger partial charge in [0.05, 0.1) is 24.0 Å². The molecule has 0 saturated carbocycles. The van der Waals surface area contributed by atoms with E-state index in [0.717, 1.165) is 23.5 Å². The molecule has 0 aromatic heterocycles. The molecule has 2 atom stereocenters. The van der Waals surface area contributed by atoms with Crippen LogP contribution >= 0.6 is 0 Å². The van der Waals surface area contributed by atoms with Gasteiger partial charge in [0.2, 0.25) is 10.0 Å². The highest BCUT2D eigenvalue weighted by molar-refractivity contribution is 7.89. The number of sulfonamides is 1. The molecule has 0 radical (unpaired) electrons. The minimum atomic E-state index is -3.70. The number of carbonyl (C=O) groups excluding carboxylic acids is 1. The van der Waals surface area contributed by atoms with Crippen LogP contribution in [-0.4, -0.2) is 39.6 Å². The van der Waals surface area contributed by atoms with E-state index >= 15 is 0 Å². The Morgan fingerprint density at radius 1 is 1.29 bits per heavy atom. The van der Waals surface area contributed by atoms with Crippen molar-refractivity contribution in [1.82, 2.24) is 9.79 Å². The molecule has 2 rings (SSSR count). The van der Waals surface area contributed by atoms with Crippen LogP contribution in [0.3, 0.4) is 0 Å². The van der Waals surface area contributed by atoms with Gasteiger partial charge in [0.15, 0.2) is 0 Å². The van der Waals surface area contributed by atoms with Gasteiger partial charge in [-0.05, 0) is 38.3 Å². The standard InChI is InChI=1S/C17H24N2O4S/c1-13-9-11-14(12-10-13)24(21,22)18-16-8-6-4-5-7-15(16)17(20)19(2)23-3/h6,8-12,15-16,18H,4-5,7H2,1-3H3/t15-,16+/m1/s1. The average molecular weight is 352 g/mol. The van der Waals surface area contributed by atoms with Crippen molar-refractivity contribution in [2.75, 3.05) is 14.2 Å². The van der Waals surface area contributed by atoms with Gasteiger partial charge in [-0.2, -0.15) is 0 Å². The van der Waals surface area contributed by atoms with E-state index in [2.05, 4.69) is 4.72 Å². The second kappa shape index (κ2) is 7.92. The normalized spacial score (nSPS) is 21.3. The van der Waals surface area contributed by atoms with Crippen LogP contribution in [0.4, 0.5) is 0 Å². The summed E-state index contributed by atoms with van der Waals surface area (Å²) in [5, 5.41) is 1.15. The first-order valence-corrected chi connectivity index (χ1v) is 9.41. The number of benzene rings is 1. The van der Waals surface area contributed by atoms with Crippen LogP contribution in [-0.2, 0) is 19.7 Å². The van der Waals surface area contributed by atoms with Gasteiger partial charge in [-0.1, -0.05) is 29.8 Å². The monoisotopic (exact) mass is 352 g/mol. The predicted molar refractivity (Wildman–Crippen MR) is 91.5 cm³/mol. The van der Waals surface area contributed by atoms with Gasteiger partial charge in [0.1, 0.15) is 0 Å². The minimum absolute atomic E-state index is 0.192. The molecule has 132 valence electrons. The van der Waals surface area contributed by atoms with Gasteiger partial charge in [-0.25, -0.2) is 18.2 Å². The molecule has 0 saturated heterocycles. The highest BCUT2D eigenvalue weighted by Crippen LogP contribution is 2.23. The van der Waals surface area contributed by atoms with Crippen molar-refractivity contribution in [1.29, 1.82) is 0 Å². The second-order valence-corrected chi connectivity index (χ2v) is 7.66. The third-order valence-electron chi connectivity index (χ3n) is 4.19. The molecule has 0 bridgehead atoms. The van der Waals surface area contributed by atoms with Gasteiger partial charge in [-0.15, -0.1) is 0 Å². The molecule has 1 aromatic carbocycles. The number of hydrogen-bond donors (Lipinski definition) is 1. The molecular weight excluding hydrogens is 328 g/mol. The van der Waals surface area contributed by atoms with Crippen molar-refractivity contribution in [3.63, 3.8) is 0 Å². The summed E-state index contributed by atoms with van der Waals surface area (Å²) in [7, 11) is -0.762. The number of rotatable bonds is 5. The number of allylic oxidation sites excluding steroid dienone is 1. The number of nitrogens with zero attached hydrogens (tertiary/aromatic N) is 1. The number of carbonyl (C=O) groups is 1. The smallest absolute Gasteiger partial charge is 0.250 e. The number of hydrogen-bond acceptors (Lipinski definition) is 4. The third-order valence-corrected chi connectivity index (χ3v) is 5.66. The summed E-state index contributed by atoms with van der Waals surface area (Å²) >= 11 is 0. The van der Waals surface area contributed by atoms with Crippen molar-refractivity contribution >= 4 is 15.9 Å². The maximum atomic E-state index is 12.6. The number of aryl methyl sites for hydroxylation is 1. The number of nitrogens with one attached hydrogen (secondary N) is 1. The van der Waals surface area contributed by atoms with Gasteiger partial charge in [0.25, 0.3) is 5.91 Å². The Kier molecular flexibility index (Phi) is 6.15. The van der Waals surface area contributed by atoms with Crippen molar-refractivity contribution in [3.05, 3.63) is 42.0 Å². The van der Waals surface area contributed by atoms with Crippen molar-refractivity contribution in [2.24, 2.45) is 5.92 Å². The first-order chi connectivity index (χ1) is 11.3. The molecule has 1 aromatic rings. The van der Waals surface area contributed by atoms with Crippen LogP contribution in [0.25, 0.3) is 0 Å². The molecule has 1 aliphatic rings. The molecule has 6 nitrogen and oxygen atoms in total. The molecule has 0 aliphatic heterocycles. The van der Waals surface area contributed by atoms with Crippen LogP contribution < -0.4 is 4.72 Å². The summed E-state index contributed by atoms with van der Waals surface area (Å²) in [5.41, 5.74) is 0.984. The highest BCUT2D eigenvalue weighted by Gasteiger charge is 2.33. The molecule has 0 spiro atoms. The van der Waals surface area contributed by atoms with Gasteiger partial charge >= 0.3 is 0 Å². The van der Waals surface area contributed by atoms with Crippen LogP contribution in [0.2, 0.25) is 0 Å². The SMILES string of the molecule is CON(C)C(=O)[C@@H]1CCCC=C[C@@H]1NS(=O)(=O)c1ccc(C)cc1. The van der Waals surface area contributed by atoms with Crippen molar-refractivity contribution in [2.45, 2.75) is 37.1 Å². The zero-order chi connectivity index (χ0) is 17.7. The van der Waals surface area contributed by atoms with E-state index < -0.39 is 22.0 Å². The fourth-order valence-corrected chi connectivity index (χ4v) is 3.93. The summed E-state index contributed by atoms with van der Waals surface area (Å²) in [6.45, 7) is 1.90. The lowest BCUT2D eigenvalue weighted by atomic mass is 9.95. The minimum Gasteiger partial charge on any atom is -0.275 e. The summed E-state index contributed by atoms with van der Waals surface area (Å²) < 4.78 is 27.9. The fraction of sp³-hybridized carbons (Fsp3) is 0.471. The lowest BCUT2D eigenvalue weighted by Crippen LogP contribution is -2.45. The lowest BCUT2D eigenvalue weighted by molar-refractivity contribution is -0.174. The molecule has 0 fully saturated rings. The van der Waals surface area contributed by atoms with Crippen molar-refractivity contribution < 1.29 is 18.0 Å².